The molecule has 32 heavy (non-hydrogen) atoms. The highest BCUT2D eigenvalue weighted by Crippen LogP contribution is 2.35. The van der Waals surface area contributed by atoms with Gasteiger partial charge in [-0.2, -0.15) is 4.98 Å². The van der Waals surface area contributed by atoms with Crippen LogP contribution in [-0.2, 0) is 0 Å². The number of amides is 1. The van der Waals surface area contributed by atoms with E-state index in [1.165, 1.54) is 12.8 Å². The number of aromatic nitrogens is 4. The van der Waals surface area contributed by atoms with Crippen molar-refractivity contribution in [3.63, 3.8) is 0 Å². The summed E-state index contributed by atoms with van der Waals surface area (Å²) in [5.74, 6) is 1.11. The van der Waals surface area contributed by atoms with Gasteiger partial charge in [0.2, 0.25) is 5.95 Å². The number of pyridine rings is 1. The minimum atomic E-state index is -0.0149. The zero-order valence-corrected chi connectivity index (χ0v) is 20.6. The molecule has 10 heteroatoms. The lowest BCUT2D eigenvalue weighted by molar-refractivity contribution is 0.0815. The molecule has 0 aliphatic heterocycles. The predicted octanol–water partition coefficient (Wildman–Crippen LogP) is 3.54. The highest BCUT2D eigenvalue weighted by molar-refractivity contribution is 14.1. The van der Waals surface area contributed by atoms with Crippen LogP contribution < -0.4 is 16.0 Å². The normalized spacial score (nSPS) is 14.1. The number of alkyl halides is 1. The Hall–Kier alpha value is -2.47. The molecule has 9 nitrogen and oxygen atoms in total. The number of anilines is 3. The number of carbonyl (C=O) groups excluding carboxylic acids is 1. The Bertz CT molecular complexity index is 1080. The summed E-state index contributed by atoms with van der Waals surface area (Å²) in [5.41, 5.74) is 8.17. The van der Waals surface area contributed by atoms with Gasteiger partial charge < -0.3 is 25.4 Å². The number of carbonyl (C=O) groups is 1. The molecule has 1 saturated carbocycles. The van der Waals surface area contributed by atoms with Crippen LogP contribution in [0.5, 0.6) is 0 Å². The van der Waals surface area contributed by atoms with Crippen molar-refractivity contribution in [3.8, 4) is 0 Å². The summed E-state index contributed by atoms with van der Waals surface area (Å²) in [5, 5.41) is 4.07. The van der Waals surface area contributed by atoms with Crippen molar-refractivity contribution in [2.75, 3.05) is 42.0 Å². The van der Waals surface area contributed by atoms with Crippen LogP contribution in [0.2, 0.25) is 0 Å². The molecule has 0 saturated heterocycles. The van der Waals surface area contributed by atoms with E-state index >= 15 is 0 Å². The fraction of sp³-hybridized carbons (Fsp3) is 0.455. The molecule has 4 rings (SSSR count). The maximum atomic E-state index is 12.8. The van der Waals surface area contributed by atoms with Gasteiger partial charge in [0, 0.05) is 44.8 Å². The van der Waals surface area contributed by atoms with Crippen LogP contribution in [0.3, 0.4) is 0 Å². The standard InChI is InChI=1S/C22H29IN8O/c1-29(2)21(32)18-11-15-12-26-22(28-20(15)31(18)16-5-3-4-6-16)27-19-8-7-17(13-25-19)30(14-23)10-9-24/h7-8,11-13,16H,3-6,9-10,14,24H2,1-2H3,(H,25,26,27,28). The first kappa shape index (κ1) is 22.7. The Labute approximate surface area is 201 Å². The molecule has 0 spiro atoms. The van der Waals surface area contributed by atoms with Gasteiger partial charge in [-0.25, -0.2) is 9.97 Å². The lowest BCUT2D eigenvalue weighted by Gasteiger charge is -2.21. The van der Waals surface area contributed by atoms with Crippen molar-refractivity contribution in [1.82, 2.24) is 24.4 Å². The van der Waals surface area contributed by atoms with Gasteiger partial charge in [0.15, 0.2) is 0 Å². The molecule has 1 amide bonds. The molecule has 3 N–H and O–H groups in total. The molecule has 0 atom stereocenters. The lowest BCUT2D eigenvalue weighted by atomic mass is 10.2. The monoisotopic (exact) mass is 548 g/mol. The van der Waals surface area contributed by atoms with Crippen molar-refractivity contribution >= 4 is 57.0 Å². The van der Waals surface area contributed by atoms with E-state index in [1.807, 2.05) is 24.4 Å². The first-order chi connectivity index (χ1) is 15.5. The van der Waals surface area contributed by atoms with Crippen LogP contribution in [0.25, 0.3) is 11.0 Å². The van der Waals surface area contributed by atoms with Gasteiger partial charge in [0.05, 0.1) is 16.4 Å². The fourth-order valence-electron chi connectivity index (χ4n) is 4.17. The highest BCUT2D eigenvalue weighted by Gasteiger charge is 2.26. The largest absolute Gasteiger partial charge is 0.360 e. The molecule has 0 radical (unpaired) electrons. The fourth-order valence-corrected chi connectivity index (χ4v) is 4.90. The molecule has 1 aliphatic rings. The zero-order valence-electron chi connectivity index (χ0n) is 18.5. The van der Waals surface area contributed by atoms with E-state index in [0.717, 1.165) is 40.7 Å². The van der Waals surface area contributed by atoms with Gasteiger partial charge in [-0.05, 0) is 31.0 Å². The van der Waals surface area contributed by atoms with Gasteiger partial charge in [-0.3, -0.25) is 4.79 Å². The third kappa shape index (κ3) is 4.65. The maximum Gasteiger partial charge on any atom is 0.270 e. The number of fused-ring (bicyclic) bond motifs is 1. The first-order valence-corrected chi connectivity index (χ1v) is 12.4. The van der Waals surface area contributed by atoms with Crippen LogP contribution in [0.1, 0.15) is 42.2 Å². The summed E-state index contributed by atoms with van der Waals surface area (Å²) in [6.45, 7) is 1.37. The summed E-state index contributed by atoms with van der Waals surface area (Å²) in [6, 6.07) is 6.11. The van der Waals surface area contributed by atoms with E-state index < -0.39 is 0 Å². The van der Waals surface area contributed by atoms with E-state index in [4.69, 9.17) is 10.7 Å². The van der Waals surface area contributed by atoms with E-state index in [9.17, 15) is 4.79 Å². The van der Waals surface area contributed by atoms with Crippen molar-refractivity contribution in [1.29, 1.82) is 0 Å². The van der Waals surface area contributed by atoms with E-state index in [0.29, 0.717) is 24.0 Å². The summed E-state index contributed by atoms with van der Waals surface area (Å²) in [6.07, 6.45) is 8.06. The quantitative estimate of drug-likeness (QED) is 0.252. The van der Waals surface area contributed by atoms with Gasteiger partial charge in [0.1, 0.15) is 17.2 Å². The number of hydrogen-bond acceptors (Lipinski definition) is 7. The Balaban J connectivity index is 1.64. The van der Waals surface area contributed by atoms with Crippen LogP contribution in [0.4, 0.5) is 17.5 Å². The third-order valence-corrected chi connectivity index (χ3v) is 6.61. The Morgan fingerprint density at radius 3 is 2.66 bits per heavy atom. The Morgan fingerprint density at radius 1 is 1.25 bits per heavy atom. The molecular formula is C22H29IN8O. The smallest absolute Gasteiger partial charge is 0.270 e. The molecule has 3 aromatic heterocycles. The van der Waals surface area contributed by atoms with Crippen LogP contribution in [-0.4, -0.2) is 62.1 Å². The van der Waals surface area contributed by atoms with Gasteiger partial charge >= 0.3 is 0 Å². The molecule has 1 aliphatic carbocycles. The highest BCUT2D eigenvalue weighted by atomic mass is 127. The number of halogens is 1. The molecule has 0 bridgehead atoms. The van der Waals surface area contributed by atoms with Gasteiger partial charge in [0.25, 0.3) is 5.91 Å². The molecule has 170 valence electrons. The second-order valence-electron chi connectivity index (χ2n) is 8.21. The summed E-state index contributed by atoms with van der Waals surface area (Å²) in [4.78, 5) is 30.4. The van der Waals surface area contributed by atoms with Crippen molar-refractivity contribution < 1.29 is 4.79 Å². The van der Waals surface area contributed by atoms with E-state index in [2.05, 4.69) is 47.3 Å². The minimum absolute atomic E-state index is 0.0149. The number of nitrogens with zero attached hydrogens (tertiary/aromatic N) is 6. The lowest BCUT2D eigenvalue weighted by Crippen LogP contribution is -2.27. The van der Waals surface area contributed by atoms with E-state index in [1.54, 1.807) is 25.2 Å². The second-order valence-corrected chi connectivity index (χ2v) is 8.89. The average molecular weight is 548 g/mol. The Morgan fingerprint density at radius 2 is 2.03 bits per heavy atom. The van der Waals surface area contributed by atoms with Gasteiger partial charge in [-0.15, -0.1) is 0 Å². The number of rotatable bonds is 8. The van der Waals surface area contributed by atoms with Crippen LogP contribution in [0.15, 0.2) is 30.6 Å². The number of nitrogens with one attached hydrogen (secondary N) is 1. The molecule has 0 aromatic carbocycles. The molecule has 1 fully saturated rings. The summed E-state index contributed by atoms with van der Waals surface area (Å²) in [7, 11) is 3.55. The SMILES string of the molecule is CN(C)C(=O)c1cc2cnc(Nc3ccc(N(CI)CCN)cn3)nc2n1C1CCCC1. The zero-order chi connectivity index (χ0) is 22.7. The summed E-state index contributed by atoms with van der Waals surface area (Å²) < 4.78 is 2.95. The van der Waals surface area contributed by atoms with Crippen molar-refractivity contribution in [3.05, 3.63) is 36.3 Å². The minimum Gasteiger partial charge on any atom is -0.360 e. The number of hydrogen-bond donors (Lipinski definition) is 2. The molecule has 3 heterocycles. The predicted molar refractivity (Wildman–Crippen MR) is 136 cm³/mol. The van der Waals surface area contributed by atoms with Crippen LogP contribution in [0, 0.1) is 0 Å². The third-order valence-electron chi connectivity index (χ3n) is 5.79. The maximum absolute atomic E-state index is 12.8. The second kappa shape index (κ2) is 9.99. The molecule has 0 unspecified atom stereocenters. The average Bonchev–Trinajstić information content (AvgIpc) is 3.45. The number of nitrogens with two attached hydrogens (primary N) is 1. The van der Waals surface area contributed by atoms with Crippen molar-refractivity contribution in [2.45, 2.75) is 31.7 Å². The molecule has 3 aromatic rings. The Kier molecular flexibility index (Phi) is 7.09. The molecular weight excluding hydrogens is 519 g/mol. The van der Waals surface area contributed by atoms with Crippen LogP contribution >= 0.6 is 22.6 Å². The summed E-state index contributed by atoms with van der Waals surface area (Å²) >= 11 is 2.32. The topological polar surface area (TPSA) is 105 Å². The van der Waals surface area contributed by atoms with Crippen molar-refractivity contribution in [2.24, 2.45) is 5.73 Å². The first-order valence-electron chi connectivity index (χ1n) is 10.9. The van der Waals surface area contributed by atoms with Gasteiger partial charge in [-0.1, -0.05) is 35.4 Å². The van der Waals surface area contributed by atoms with E-state index in [-0.39, 0.29) is 11.9 Å².